The van der Waals surface area contributed by atoms with E-state index in [1.165, 1.54) is 5.56 Å². The molecule has 4 heteroatoms. The van der Waals surface area contributed by atoms with E-state index < -0.39 is 0 Å². The van der Waals surface area contributed by atoms with Gasteiger partial charge in [-0.25, -0.2) is 4.98 Å². The number of hydrogen-bond donors (Lipinski definition) is 1. The minimum Gasteiger partial charge on any atom is -0.397 e. The fourth-order valence-corrected chi connectivity index (χ4v) is 2.74. The van der Waals surface area contributed by atoms with Gasteiger partial charge in [0.15, 0.2) is 0 Å². The van der Waals surface area contributed by atoms with E-state index >= 15 is 0 Å². The Hall–Kier alpha value is -2.23. The van der Waals surface area contributed by atoms with Gasteiger partial charge in [0.25, 0.3) is 0 Å². The van der Waals surface area contributed by atoms with Crippen molar-refractivity contribution >= 4 is 17.2 Å². The smallest absolute Gasteiger partial charge is 0.131 e. The number of nitrogen functional groups attached to an aromatic ring is 1. The molecule has 1 fully saturated rings. The van der Waals surface area contributed by atoms with Gasteiger partial charge in [-0.2, -0.15) is 0 Å². The van der Waals surface area contributed by atoms with Crippen molar-refractivity contribution in [3.8, 4) is 0 Å². The first-order chi connectivity index (χ1) is 9.75. The number of nitrogens with zero attached hydrogens (tertiary/aromatic N) is 3. The van der Waals surface area contributed by atoms with Gasteiger partial charge < -0.3 is 15.5 Å². The molecule has 0 aliphatic carbocycles. The minimum atomic E-state index is 0.856. The van der Waals surface area contributed by atoms with Crippen LogP contribution in [0.15, 0.2) is 42.6 Å². The van der Waals surface area contributed by atoms with Crippen LogP contribution in [0.25, 0.3) is 0 Å². The third-order valence-corrected chi connectivity index (χ3v) is 3.84. The summed E-state index contributed by atoms with van der Waals surface area (Å²) in [4.78, 5) is 9.20. The van der Waals surface area contributed by atoms with Crippen LogP contribution < -0.4 is 15.5 Å². The second-order valence-corrected chi connectivity index (χ2v) is 5.18. The Morgan fingerprint density at radius 1 is 0.950 bits per heavy atom. The Bertz CT molecular complexity index is 535. The highest BCUT2D eigenvalue weighted by molar-refractivity contribution is 5.67. The molecular formula is C16H20N4. The predicted molar refractivity (Wildman–Crippen MR) is 84.3 cm³/mol. The molecule has 0 radical (unpaired) electrons. The van der Waals surface area contributed by atoms with Gasteiger partial charge in [-0.3, -0.25) is 0 Å². The molecule has 2 heterocycles. The van der Waals surface area contributed by atoms with Gasteiger partial charge in [0, 0.05) is 32.4 Å². The van der Waals surface area contributed by atoms with Crippen LogP contribution in [0.5, 0.6) is 0 Å². The molecular weight excluding hydrogens is 248 g/mol. The van der Waals surface area contributed by atoms with E-state index in [4.69, 9.17) is 5.73 Å². The van der Waals surface area contributed by atoms with E-state index in [1.54, 1.807) is 0 Å². The first-order valence-corrected chi connectivity index (χ1v) is 7.02. The van der Waals surface area contributed by atoms with Crippen molar-refractivity contribution < 1.29 is 0 Å². The molecule has 0 amide bonds. The molecule has 104 valence electrons. The fraction of sp³-hybridized carbons (Fsp3) is 0.312. The van der Waals surface area contributed by atoms with Crippen molar-refractivity contribution in [2.24, 2.45) is 0 Å². The topological polar surface area (TPSA) is 45.4 Å². The summed E-state index contributed by atoms with van der Waals surface area (Å²) in [5.41, 5.74) is 9.29. The molecule has 0 unspecified atom stereocenters. The largest absolute Gasteiger partial charge is 0.397 e. The summed E-state index contributed by atoms with van der Waals surface area (Å²) < 4.78 is 0. The van der Waals surface area contributed by atoms with E-state index in [1.807, 2.05) is 30.5 Å². The number of rotatable bonds is 2. The summed E-state index contributed by atoms with van der Waals surface area (Å²) in [6.07, 6.45) is 1.86. The van der Waals surface area contributed by atoms with Crippen LogP contribution in [0.1, 0.15) is 5.56 Å². The number of para-hydroxylation sites is 2. The monoisotopic (exact) mass is 268 g/mol. The lowest BCUT2D eigenvalue weighted by molar-refractivity contribution is 0.646. The van der Waals surface area contributed by atoms with E-state index in [-0.39, 0.29) is 0 Å². The van der Waals surface area contributed by atoms with Gasteiger partial charge in [0.2, 0.25) is 0 Å². The Balaban J connectivity index is 1.72. The Morgan fingerprint density at radius 3 is 2.35 bits per heavy atom. The van der Waals surface area contributed by atoms with Gasteiger partial charge in [-0.15, -0.1) is 0 Å². The fourth-order valence-electron chi connectivity index (χ4n) is 2.74. The third-order valence-electron chi connectivity index (χ3n) is 3.84. The molecule has 3 rings (SSSR count). The second kappa shape index (κ2) is 5.41. The number of aryl methyl sites for hydroxylation is 1. The van der Waals surface area contributed by atoms with Gasteiger partial charge >= 0.3 is 0 Å². The number of piperazine rings is 1. The molecule has 2 aromatic rings. The molecule has 2 N–H and O–H groups in total. The zero-order chi connectivity index (χ0) is 13.9. The van der Waals surface area contributed by atoms with Crippen LogP contribution in [-0.4, -0.2) is 31.2 Å². The summed E-state index contributed by atoms with van der Waals surface area (Å²) >= 11 is 0. The summed E-state index contributed by atoms with van der Waals surface area (Å²) in [6.45, 7) is 6.02. The highest BCUT2D eigenvalue weighted by Gasteiger charge is 2.20. The third kappa shape index (κ3) is 2.41. The molecule has 20 heavy (non-hydrogen) atoms. The van der Waals surface area contributed by atoms with Crippen LogP contribution in [0.2, 0.25) is 0 Å². The zero-order valence-corrected chi connectivity index (χ0v) is 11.8. The minimum absolute atomic E-state index is 0.856. The Labute approximate surface area is 119 Å². The van der Waals surface area contributed by atoms with Gasteiger partial charge in [0.05, 0.1) is 11.4 Å². The maximum absolute atomic E-state index is 6.05. The molecule has 1 aromatic heterocycles. The number of nitrogens with two attached hydrogens (primary N) is 1. The number of pyridine rings is 1. The van der Waals surface area contributed by atoms with E-state index in [0.29, 0.717) is 0 Å². The molecule has 1 aromatic carbocycles. The summed E-state index contributed by atoms with van der Waals surface area (Å²) in [7, 11) is 0. The molecule has 0 spiro atoms. The van der Waals surface area contributed by atoms with Crippen molar-refractivity contribution in [3.63, 3.8) is 0 Å². The molecule has 1 saturated heterocycles. The number of anilines is 3. The Kier molecular flexibility index (Phi) is 3.46. The highest BCUT2D eigenvalue weighted by atomic mass is 15.3. The van der Waals surface area contributed by atoms with Crippen molar-refractivity contribution in [1.29, 1.82) is 0 Å². The van der Waals surface area contributed by atoms with Crippen molar-refractivity contribution in [3.05, 3.63) is 48.2 Å². The number of aromatic nitrogens is 1. The molecule has 4 nitrogen and oxygen atoms in total. The predicted octanol–water partition coefficient (Wildman–Crippen LogP) is 2.30. The van der Waals surface area contributed by atoms with Crippen molar-refractivity contribution in [2.45, 2.75) is 6.92 Å². The lowest BCUT2D eigenvalue weighted by Gasteiger charge is -2.37. The molecule has 0 saturated carbocycles. The maximum Gasteiger partial charge on any atom is 0.131 e. The normalized spacial score (nSPS) is 15.4. The van der Waals surface area contributed by atoms with Crippen molar-refractivity contribution in [2.75, 3.05) is 41.7 Å². The lowest BCUT2D eigenvalue weighted by atomic mass is 10.2. The van der Waals surface area contributed by atoms with E-state index in [9.17, 15) is 0 Å². The zero-order valence-electron chi connectivity index (χ0n) is 11.8. The van der Waals surface area contributed by atoms with Crippen LogP contribution in [-0.2, 0) is 0 Å². The van der Waals surface area contributed by atoms with E-state index in [2.05, 4.69) is 33.8 Å². The summed E-state index contributed by atoms with van der Waals surface area (Å²) in [6, 6.07) is 12.2. The number of hydrogen-bond acceptors (Lipinski definition) is 4. The molecule has 1 aliphatic rings. The van der Waals surface area contributed by atoms with Crippen LogP contribution in [0.4, 0.5) is 17.2 Å². The maximum atomic E-state index is 6.05. The number of benzene rings is 1. The summed E-state index contributed by atoms with van der Waals surface area (Å²) in [5, 5.41) is 0. The average Bonchev–Trinajstić information content (AvgIpc) is 2.49. The first-order valence-electron chi connectivity index (χ1n) is 7.02. The SMILES string of the molecule is Cc1cccnc1N1CCN(c2ccccc2N)CC1. The van der Waals surface area contributed by atoms with Crippen LogP contribution in [0.3, 0.4) is 0 Å². The lowest BCUT2D eigenvalue weighted by Crippen LogP contribution is -2.47. The first kappa shape index (κ1) is 12.8. The van der Waals surface area contributed by atoms with Crippen LogP contribution >= 0.6 is 0 Å². The quantitative estimate of drug-likeness (QED) is 0.849. The van der Waals surface area contributed by atoms with Gasteiger partial charge in [0.1, 0.15) is 5.82 Å². The van der Waals surface area contributed by atoms with Gasteiger partial charge in [-0.1, -0.05) is 18.2 Å². The second-order valence-electron chi connectivity index (χ2n) is 5.18. The average molecular weight is 268 g/mol. The highest BCUT2D eigenvalue weighted by Crippen LogP contribution is 2.25. The van der Waals surface area contributed by atoms with E-state index in [0.717, 1.165) is 43.4 Å². The van der Waals surface area contributed by atoms with Crippen molar-refractivity contribution in [1.82, 2.24) is 4.98 Å². The standard InChI is InChI=1S/C16H20N4/c1-13-5-4-8-18-16(13)20-11-9-19(10-12-20)15-7-3-2-6-14(15)17/h2-8H,9-12,17H2,1H3. The Morgan fingerprint density at radius 2 is 1.65 bits per heavy atom. The van der Waals surface area contributed by atoms with Gasteiger partial charge in [-0.05, 0) is 30.7 Å². The summed E-state index contributed by atoms with van der Waals surface area (Å²) in [5.74, 6) is 1.10. The molecule has 0 bridgehead atoms. The molecule has 0 atom stereocenters. The van der Waals surface area contributed by atoms with Crippen LogP contribution in [0, 0.1) is 6.92 Å². The molecule has 1 aliphatic heterocycles.